The van der Waals surface area contributed by atoms with Gasteiger partial charge in [-0.2, -0.15) is 0 Å². The van der Waals surface area contributed by atoms with Crippen LogP contribution in [0.25, 0.3) is 6.08 Å². The zero-order valence-electron chi connectivity index (χ0n) is 11.8. The van der Waals surface area contributed by atoms with Gasteiger partial charge in [0.1, 0.15) is 5.76 Å². The van der Waals surface area contributed by atoms with Crippen LogP contribution in [0.5, 0.6) is 0 Å². The molecule has 0 spiro atoms. The molecule has 0 aliphatic carbocycles. The number of furan rings is 1. The Balaban J connectivity index is 1.94. The lowest BCUT2D eigenvalue weighted by atomic mass is 10.3. The average molecular weight is 310 g/mol. The van der Waals surface area contributed by atoms with Gasteiger partial charge in [0.2, 0.25) is 0 Å². The van der Waals surface area contributed by atoms with Crippen molar-refractivity contribution in [1.82, 2.24) is 4.90 Å². The summed E-state index contributed by atoms with van der Waals surface area (Å²) in [6, 6.07) is 13.2. The van der Waals surface area contributed by atoms with E-state index in [2.05, 4.69) is 11.6 Å². The number of carbonyl (C=O) groups excluding carboxylic acids is 1. The number of nitrogens with zero attached hydrogens (tertiary/aromatic N) is 2. The third-order valence-electron chi connectivity index (χ3n) is 3.00. The minimum atomic E-state index is -0.0871. The molecule has 5 heteroatoms. The van der Waals surface area contributed by atoms with Gasteiger partial charge in [-0.25, -0.2) is 4.99 Å². The van der Waals surface area contributed by atoms with E-state index in [0.717, 1.165) is 5.69 Å². The first kappa shape index (κ1) is 14.4. The highest BCUT2D eigenvalue weighted by Crippen LogP contribution is 2.34. The number of hydrogen-bond donors (Lipinski definition) is 0. The van der Waals surface area contributed by atoms with Crippen molar-refractivity contribution in [3.63, 3.8) is 0 Å². The standard InChI is InChI=1S/C17H14N2O2S/c1-2-10-19-16(20)15(12-14-9-6-11-21-14)22-17(19)18-13-7-4-3-5-8-13/h2-9,11-12H,1,10H2/b15-12+,18-17?. The van der Waals surface area contributed by atoms with Crippen LogP contribution in [0.2, 0.25) is 0 Å². The smallest absolute Gasteiger partial charge is 0.267 e. The highest BCUT2D eigenvalue weighted by Gasteiger charge is 2.32. The van der Waals surface area contributed by atoms with Gasteiger partial charge in [-0.15, -0.1) is 6.58 Å². The Morgan fingerprint density at radius 1 is 1.23 bits per heavy atom. The van der Waals surface area contributed by atoms with Crippen LogP contribution in [-0.2, 0) is 4.79 Å². The first-order valence-electron chi connectivity index (χ1n) is 6.77. The zero-order chi connectivity index (χ0) is 15.4. The summed E-state index contributed by atoms with van der Waals surface area (Å²) in [5.74, 6) is 0.561. The van der Waals surface area contributed by atoms with E-state index in [1.54, 1.807) is 29.4 Å². The Hall–Kier alpha value is -2.53. The first-order chi connectivity index (χ1) is 10.8. The van der Waals surface area contributed by atoms with Crippen molar-refractivity contribution in [2.75, 3.05) is 6.54 Å². The van der Waals surface area contributed by atoms with Crippen LogP contribution in [0.3, 0.4) is 0 Å². The third-order valence-corrected chi connectivity index (χ3v) is 4.00. The van der Waals surface area contributed by atoms with Gasteiger partial charge in [-0.1, -0.05) is 24.3 Å². The second-order valence-electron chi connectivity index (χ2n) is 4.56. The summed E-state index contributed by atoms with van der Waals surface area (Å²) in [6.07, 6.45) is 5.00. The summed E-state index contributed by atoms with van der Waals surface area (Å²) in [5.41, 5.74) is 0.811. The highest BCUT2D eigenvalue weighted by molar-refractivity contribution is 8.18. The molecule has 1 aliphatic rings. The van der Waals surface area contributed by atoms with Crippen LogP contribution in [0.1, 0.15) is 5.76 Å². The van der Waals surface area contributed by atoms with Crippen LogP contribution in [-0.4, -0.2) is 22.5 Å². The fraction of sp³-hybridized carbons (Fsp3) is 0.0588. The van der Waals surface area contributed by atoms with E-state index in [9.17, 15) is 4.79 Å². The van der Waals surface area contributed by atoms with Gasteiger partial charge in [0.05, 0.1) is 16.9 Å². The van der Waals surface area contributed by atoms with Crippen LogP contribution in [0, 0.1) is 0 Å². The molecule has 2 aromatic rings. The van der Waals surface area contributed by atoms with E-state index in [0.29, 0.717) is 22.4 Å². The largest absolute Gasteiger partial charge is 0.465 e. The Morgan fingerprint density at radius 3 is 2.73 bits per heavy atom. The molecule has 1 aliphatic heterocycles. The predicted molar refractivity (Wildman–Crippen MR) is 89.7 cm³/mol. The first-order valence-corrected chi connectivity index (χ1v) is 7.59. The summed E-state index contributed by atoms with van der Waals surface area (Å²) in [6.45, 7) is 4.13. The van der Waals surface area contributed by atoms with Gasteiger partial charge < -0.3 is 4.42 Å². The van der Waals surface area contributed by atoms with Crippen LogP contribution in [0.4, 0.5) is 5.69 Å². The van der Waals surface area contributed by atoms with Crippen LogP contribution >= 0.6 is 11.8 Å². The minimum Gasteiger partial charge on any atom is -0.465 e. The Bertz CT molecular complexity index is 733. The van der Waals surface area contributed by atoms with Gasteiger partial charge in [-0.05, 0) is 36.0 Å². The lowest BCUT2D eigenvalue weighted by Gasteiger charge is -2.12. The zero-order valence-corrected chi connectivity index (χ0v) is 12.6. The molecular formula is C17H14N2O2S. The maximum atomic E-state index is 12.5. The molecule has 22 heavy (non-hydrogen) atoms. The molecule has 3 rings (SSSR count). The topological polar surface area (TPSA) is 45.8 Å². The molecule has 110 valence electrons. The molecule has 0 saturated carbocycles. The van der Waals surface area contributed by atoms with E-state index >= 15 is 0 Å². The second-order valence-corrected chi connectivity index (χ2v) is 5.57. The second kappa shape index (κ2) is 6.49. The van der Waals surface area contributed by atoms with Crippen molar-refractivity contribution in [3.8, 4) is 0 Å². The molecule has 1 aromatic heterocycles. The molecule has 0 atom stereocenters. The summed E-state index contributed by atoms with van der Waals surface area (Å²) in [4.78, 5) is 19.2. The number of amidine groups is 1. The Morgan fingerprint density at radius 2 is 2.05 bits per heavy atom. The molecule has 4 nitrogen and oxygen atoms in total. The number of hydrogen-bond acceptors (Lipinski definition) is 4. The van der Waals surface area contributed by atoms with Crippen molar-refractivity contribution in [2.24, 2.45) is 4.99 Å². The predicted octanol–water partition coefficient (Wildman–Crippen LogP) is 4.07. The summed E-state index contributed by atoms with van der Waals surface area (Å²) < 4.78 is 5.27. The van der Waals surface area contributed by atoms with Gasteiger partial charge in [-0.3, -0.25) is 9.69 Å². The third kappa shape index (κ3) is 3.04. The molecule has 0 unspecified atom stereocenters. The Kier molecular flexibility index (Phi) is 4.25. The molecule has 0 radical (unpaired) electrons. The van der Waals surface area contributed by atoms with Crippen molar-refractivity contribution >= 4 is 34.6 Å². The molecule has 1 amide bonds. The molecule has 0 bridgehead atoms. The van der Waals surface area contributed by atoms with Crippen molar-refractivity contribution in [2.45, 2.75) is 0 Å². The van der Waals surface area contributed by atoms with Crippen LogP contribution in [0.15, 0.2) is 75.7 Å². The number of thioether (sulfide) groups is 1. The van der Waals surface area contributed by atoms with E-state index in [1.165, 1.54) is 11.8 Å². The van der Waals surface area contributed by atoms with Gasteiger partial charge in [0, 0.05) is 12.6 Å². The fourth-order valence-electron chi connectivity index (χ4n) is 2.00. The molecule has 1 saturated heterocycles. The van der Waals surface area contributed by atoms with E-state index < -0.39 is 0 Å². The number of benzene rings is 1. The Labute approximate surface area is 132 Å². The van der Waals surface area contributed by atoms with E-state index in [1.807, 2.05) is 36.4 Å². The molecule has 1 aromatic carbocycles. The normalized spacial score (nSPS) is 18.4. The SMILES string of the molecule is C=CCN1C(=O)/C(=C\c2ccco2)SC1=Nc1ccccc1. The summed E-state index contributed by atoms with van der Waals surface area (Å²) >= 11 is 1.34. The number of amides is 1. The van der Waals surface area contributed by atoms with Crippen molar-refractivity contribution in [1.29, 1.82) is 0 Å². The lowest BCUT2D eigenvalue weighted by Crippen LogP contribution is -2.29. The van der Waals surface area contributed by atoms with Crippen molar-refractivity contribution < 1.29 is 9.21 Å². The highest BCUT2D eigenvalue weighted by atomic mass is 32.2. The summed E-state index contributed by atoms with van der Waals surface area (Å²) in [5, 5.41) is 0.647. The average Bonchev–Trinajstić information content (AvgIpc) is 3.13. The monoisotopic (exact) mass is 310 g/mol. The minimum absolute atomic E-state index is 0.0871. The molecular weight excluding hydrogens is 296 g/mol. The number of aliphatic imine (C=N–C) groups is 1. The maximum absolute atomic E-state index is 12.5. The van der Waals surface area contributed by atoms with Crippen molar-refractivity contribution in [3.05, 3.63) is 72.0 Å². The fourth-order valence-corrected chi connectivity index (χ4v) is 2.99. The molecule has 2 heterocycles. The van der Waals surface area contributed by atoms with E-state index in [-0.39, 0.29) is 5.91 Å². The van der Waals surface area contributed by atoms with Gasteiger partial charge >= 0.3 is 0 Å². The molecule has 1 fully saturated rings. The number of rotatable bonds is 4. The van der Waals surface area contributed by atoms with Gasteiger partial charge in [0.25, 0.3) is 5.91 Å². The lowest BCUT2D eigenvalue weighted by molar-refractivity contribution is -0.121. The number of para-hydroxylation sites is 1. The maximum Gasteiger partial charge on any atom is 0.267 e. The van der Waals surface area contributed by atoms with Gasteiger partial charge in [0.15, 0.2) is 5.17 Å². The molecule has 0 N–H and O–H groups in total. The summed E-state index contributed by atoms with van der Waals surface area (Å²) in [7, 11) is 0. The quantitative estimate of drug-likeness (QED) is 0.631. The number of carbonyl (C=O) groups is 1. The van der Waals surface area contributed by atoms with E-state index in [4.69, 9.17) is 4.42 Å². The van der Waals surface area contributed by atoms with Crippen LogP contribution < -0.4 is 0 Å².